The van der Waals surface area contributed by atoms with E-state index >= 15 is 0 Å². The van der Waals surface area contributed by atoms with E-state index in [1.54, 1.807) is 14.2 Å². The lowest BCUT2D eigenvalue weighted by atomic mass is 10.1. The molecule has 4 rings (SSSR count). The van der Waals surface area contributed by atoms with Gasteiger partial charge in [-0.15, -0.1) is 0 Å². The molecule has 0 unspecified atom stereocenters. The van der Waals surface area contributed by atoms with Gasteiger partial charge in [0.15, 0.2) is 0 Å². The molecule has 0 amide bonds. The Bertz CT molecular complexity index is 729. The average Bonchev–Trinajstić information content (AvgIpc) is 2.92. The van der Waals surface area contributed by atoms with E-state index in [1.165, 1.54) is 11.4 Å². The zero-order chi connectivity index (χ0) is 24.2. The molecule has 0 aromatic heterocycles. The van der Waals surface area contributed by atoms with E-state index in [9.17, 15) is 0 Å². The van der Waals surface area contributed by atoms with Crippen LogP contribution < -0.4 is 20.4 Å². The maximum Gasteiger partial charge on any atom is 0.105 e. The van der Waals surface area contributed by atoms with Crippen molar-refractivity contribution in [1.82, 2.24) is 10.6 Å². The molecule has 8 nitrogen and oxygen atoms in total. The number of anilines is 2. The number of nitrogens with zero attached hydrogens (tertiary/aromatic N) is 2. The van der Waals surface area contributed by atoms with Crippen LogP contribution in [0.4, 0.5) is 11.4 Å². The number of aliphatic hydroxyl groups is 2. The van der Waals surface area contributed by atoms with Gasteiger partial charge in [0, 0.05) is 78.0 Å². The van der Waals surface area contributed by atoms with E-state index in [-0.39, 0.29) is 25.4 Å². The van der Waals surface area contributed by atoms with Crippen LogP contribution in [0.5, 0.6) is 0 Å². The SMILES string of the molecule is CO[C@@H](CO)c1ccc(N2CCNCC2)cc1.CO[C@H](CO)c1ccc(N2CCNCC2)cc1. The van der Waals surface area contributed by atoms with Gasteiger partial charge < -0.3 is 40.1 Å². The molecule has 0 radical (unpaired) electrons. The van der Waals surface area contributed by atoms with Crippen LogP contribution in [0.25, 0.3) is 0 Å². The minimum Gasteiger partial charge on any atom is -0.393 e. The fraction of sp³-hybridized carbons (Fsp3) is 0.538. The van der Waals surface area contributed by atoms with Gasteiger partial charge in [0.2, 0.25) is 0 Å². The highest BCUT2D eigenvalue weighted by atomic mass is 16.5. The van der Waals surface area contributed by atoms with Gasteiger partial charge in [0.1, 0.15) is 12.2 Å². The van der Waals surface area contributed by atoms with Gasteiger partial charge in [-0.25, -0.2) is 0 Å². The summed E-state index contributed by atoms with van der Waals surface area (Å²) in [5, 5.41) is 25.0. The Morgan fingerprint density at radius 2 is 0.971 bits per heavy atom. The van der Waals surface area contributed by atoms with Crippen molar-refractivity contribution in [2.75, 3.05) is 89.6 Å². The Labute approximate surface area is 203 Å². The van der Waals surface area contributed by atoms with Gasteiger partial charge in [0.25, 0.3) is 0 Å². The minimum atomic E-state index is -0.216. The van der Waals surface area contributed by atoms with E-state index in [1.807, 2.05) is 24.3 Å². The summed E-state index contributed by atoms with van der Waals surface area (Å²) < 4.78 is 10.4. The fourth-order valence-electron chi connectivity index (χ4n) is 4.28. The van der Waals surface area contributed by atoms with Crippen LogP contribution in [0.3, 0.4) is 0 Å². The summed E-state index contributed by atoms with van der Waals surface area (Å²) in [6.07, 6.45) is -0.431. The third-order valence-corrected chi connectivity index (χ3v) is 6.39. The molecule has 2 fully saturated rings. The van der Waals surface area contributed by atoms with Crippen LogP contribution in [0.15, 0.2) is 48.5 Å². The van der Waals surface area contributed by atoms with E-state index < -0.39 is 0 Å². The normalized spacial score (nSPS) is 18.1. The van der Waals surface area contributed by atoms with Crippen LogP contribution in [0, 0.1) is 0 Å². The third-order valence-electron chi connectivity index (χ3n) is 6.39. The summed E-state index contributed by atoms with van der Waals surface area (Å²) in [6.45, 7) is 8.39. The first kappa shape index (κ1) is 26.4. The second-order valence-corrected chi connectivity index (χ2v) is 8.47. The highest BCUT2D eigenvalue weighted by Crippen LogP contribution is 2.22. The zero-order valence-electron chi connectivity index (χ0n) is 20.4. The molecule has 0 bridgehead atoms. The largest absolute Gasteiger partial charge is 0.393 e. The van der Waals surface area contributed by atoms with Crippen molar-refractivity contribution in [2.45, 2.75) is 12.2 Å². The molecular formula is C26H40N4O4. The van der Waals surface area contributed by atoms with Gasteiger partial charge in [-0.2, -0.15) is 0 Å². The molecule has 2 aliphatic heterocycles. The van der Waals surface area contributed by atoms with Crippen LogP contribution in [-0.4, -0.2) is 90.0 Å². The molecule has 2 saturated heterocycles. The monoisotopic (exact) mass is 472 g/mol. The van der Waals surface area contributed by atoms with Crippen molar-refractivity contribution in [3.63, 3.8) is 0 Å². The molecule has 34 heavy (non-hydrogen) atoms. The molecular weight excluding hydrogens is 432 g/mol. The Morgan fingerprint density at radius 3 is 1.24 bits per heavy atom. The molecule has 4 N–H and O–H groups in total. The standard InChI is InChI=1S/2C13H20N2O2/c2*1-17-13(10-16)11-2-4-12(5-3-11)15-8-6-14-7-9-15/h2*2-5,13-14,16H,6-10H2,1H3/t2*13-/m10/s1. The molecule has 2 atom stereocenters. The number of methoxy groups -OCH3 is 2. The number of benzene rings is 2. The lowest BCUT2D eigenvalue weighted by molar-refractivity contribution is 0.0484. The lowest BCUT2D eigenvalue weighted by Gasteiger charge is -2.29. The first-order valence-corrected chi connectivity index (χ1v) is 12.1. The Kier molecular flexibility index (Phi) is 11.1. The highest BCUT2D eigenvalue weighted by molar-refractivity contribution is 5.49. The van der Waals surface area contributed by atoms with Crippen LogP contribution >= 0.6 is 0 Å². The molecule has 0 aliphatic carbocycles. The third kappa shape index (κ3) is 7.40. The summed E-state index contributed by atoms with van der Waals surface area (Å²) in [7, 11) is 3.23. The zero-order valence-corrected chi connectivity index (χ0v) is 20.4. The predicted molar refractivity (Wildman–Crippen MR) is 137 cm³/mol. The second kappa shape index (κ2) is 14.3. The van der Waals surface area contributed by atoms with E-state index in [4.69, 9.17) is 19.7 Å². The summed E-state index contributed by atoms with van der Waals surface area (Å²) >= 11 is 0. The molecule has 8 heteroatoms. The Balaban J connectivity index is 0.000000191. The first-order chi connectivity index (χ1) is 16.7. The molecule has 2 aromatic rings. The second-order valence-electron chi connectivity index (χ2n) is 8.47. The van der Waals surface area contributed by atoms with Crippen LogP contribution in [0.1, 0.15) is 23.3 Å². The van der Waals surface area contributed by atoms with E-state index in [0.717, 1.165) is 63.5 Å². The van der Waals surface area contributed by atoms with Gasteiger partial charge >= 0.3 is 0 Å². The Hall–Kier alpha value is -2.20. The van der Waals surface area contributed by atoms with Crippen molar-refractivity contribution >= 4 is 11.4 Å². The lowest BCUT2D eigenvalue weighted by Crippen LogP contribution is -2.43. The van der Waals surface area contributed by atoms with Crippen molar-refractivity contribution in [3.8, 4) is 0 Å². The van der Waals surface area contributed by atoms with Crippen molar-refractivity contribution in [2.24, 2.45) is 0 Å². The van der Waals surface area contributed by atoms with Crippen molar-refractivity contribution < 1.29 is 19.7 Å². The van der Waals surface area contributed by atoms with Gasteiger partial charge in [-0.1, -0.05) is 24.3 Å². The van der Waals surface area contributed by atoms with Gasteiger partial charge in [-0.05, 0) is 35.4 Å². The van der Waals surface area contributed by atoms with E-state index in [2.05, 4.69) is 44.7 Å². The van der Waals surface area contributed by atoms with Crippen molar-refractivity contribution in [1.29, 1.82) is 0 Å². The molecule has 0 spiro atoms. The number of hydrogen-bond acceptors (Lipinski definition) is 8. The Morgan fingerprint density at radius 1 is 0.647 bits per heavy atom. The average molecular weight is 473 g/mol. The molecule has 0 saturated carbocycles. The summed E-state index contributed by atoms with van der Waals surface area (Å²) in [4.78, 5) is 4.72. The fourth-order valence-corrected chi connectivity index (χ4v) is 4.28. The van der Waals surface area contributed by atoms with Gasteiger partial charge in [0.05, 0.1) is 13.2 Å². The maximum absolute atomic E-state index is 9.15. The van der Waals surface area contributed by atoms with Gasteiger partial charge in [-0.3, -0.25) is 0 Å². The molecule has 2 heterocycles. The van der Waals surface area contributed by atoms with E-state index in [0.29, 0.717) is 0 Å². The first-order valence-electron chi connectivity index (χ1n) is 12.1. The number of hydrogen-bond donors (Lipinski definition) is 4. The predicted octanol–water partition coefficient (Wildman–Crippen LogP) is 1.55. The topological polar surface area (TPSA) is 89.5 Å². The van der Waals surface area contributed by atoms with Crippen LogP contribution in [0.2, 0.25) is 0 Å². The minimum absolute atomic E-state index is 0.0173. The number of ether oxygens (including phenoxy) is 2. The number of aliphatic hydroxyl groups excluding tert-OH is 2. The molecule has 188 valence electrons. The summed E-state index contributed by atoms with van der Waals surface area (Å²) in [5.41, 5.74) is 4.52. The maximum atomic E-state index is 9.15. The number of rotatable bonds is 8. The summed E-state index contributed by atoms with van der Waals surface area (Å²) in [6, 6.07) is 16.5. The quantitative estimate of drug-likeness (QED) is 0.460. The van der Waals surface area contributed by atoms with Crippen molar-refractivity contribution in [3.05, 3.63) is 59.7 Å². The summed E-state index contributed by atoms with van der Waals surface area (Å²) in [5.74, 6) is 0. The molecule has 2 aliphatic rings. The highest BCUT2D eigenvalue weighted by Gasteiger charge is 2.14. The molecule has 2 aromatic carbocycles. The van der Waals surface area contributed by atoms with Crippen LogP contribution in [-0.2, 0) is 9.47 Å². The number of piperazine rings is 2. The smallest absolute Gasteiger partial charge is 0.105 e. The number of nitrogens with one attached hydrogen (secondary N) is 2.